The Morgan fingerprint density at radius 2 is 1.90 bits per heavy atom. The van der Waals surface area contributed by atoms with E-state index in [2.05, 4.69) is 11.2 Å². The van der Waals surface area contributed by atoms with Gasteiger partial charge in [0.25, 0.3) is 0 Å². The molecule has 1 aromatic heterocycles. The second-order valence-electron chi connectivity index (χ2n) is 6.14. The van der Waals surface area contributed by atoms with Crippen LogP contribution in [-0.4, -0.2) is 14.9 Å². The number of aliphatic hydroxyl groups excluding tert-OH is 1. The van der Waals surface area contributed by atoms with Gasteiger partial charge in [-0.15, -0.1) is 0 Å². The second-order valence-corrected chi connectivity index (χ2v) is 6.14. The van der Waals surface area contributed by atoms with Crippen molar-refractivity contribution < 1.29 is 5.11 Å². The van der Waals surface area contributed by atoms with Gasteiger partial charge < -0.3 is 5.11 Å². The molecule has 1 unspecified atom stereocenters. The van der Waals surface area contributed by atoms with Crippen LogP contribution in [0.25, 0.3) is 0 Å². The van der Waals surface area contributed by atoms with E-state index < -0.39 is 11.5 Å². The molecule has 0 spiro atoms. The van der Waals surface area contributed by atoms with Crippen LogP contribution in [0.2, 0.25) is 0 Å². The van der Waals surface area contributed by atoms with Crippen molar-refractivity contribution in [2.45, 2.75) is 38.8 Å². The number of aromatic nitrogens is 2. The summed E-state index contributed by atoms with van der Waals surface area (Å²) < 4.78 is 1.81. The van der Waals surface area contributed by atoms with Crippen molar-refractivity contribution in [2.75, 3.05) is 0 Å². The Morgan fingerprint density at radius 1 is 1.29 bits per heavy atom. The van der Waals surface area contributed by atoms with Crippen LogP contribution < -0.4 is 0 Å². The van der Waals surface area contributed by atoms with Crippen LogP contribution in [0.3, 0.4) is 0 Å². The first-order valence-corrected chi connectivity index (χ1v) is 7.26. The number of nitriles is 1. The Bertz CT molecular complexity index is 671. The fourth-order valence-corrected chi connectivity index (χ4v) is 3.07. The Hall–Kier alpha value is -2.12. The zero-order valence-electron chi connectivity index (χ0n) is 12.3. The SMILES string of the molecule is CC(C)n1cc(C(O)C2(C#N)Cc3ccccc3C2)cn1. The Kier molecular flexibility index (Phi) is 3.30. The van der Waals surface area contributed by atoms with E-state index in [0.29, 0.717) is 12.8 Å². The number of benzene rings is 1. The van der Waals surface area contributed by atoms with Gasteiger partial charge in [-0.1, -0.05) is 24.3 Å². The van der Waals surface area contributed by atoms with Gasteiger partial charge in [0.05, 0.1) is 17.7 Å². The first-order chi connectivity index (χ1) is 10.1. The van der Waals surface area contributed by atoms with Crippen LogP contribution >= 0.6 is 0 Å². The molecule has 0 amide bonds. The fraction of sp³-hybridized carbons (Fsp3) is 0.412. The van der Waals surface area contributed by atoms with E-state index >= 15 is 0 Å². The minimum Gasteiger partial charge on any atom is -0.387 e. The minimum atomic E-state index is -0.817. The molecule has 21 heavy (non-hydrogen) atoms. The molecule has 0 saturated carbocycles. The summed E-state index contributed by atoms with van der Waals surface area (Å²) in [6, 6.07) is 10.7. The lowest BCUT2D eigenvalue weighted by Gasteiger charge is -2.26. The van der Waals surface area contributed by atoms with Gasteiger partial charge in [0.1, 0.15) is 6.10 Å². The topological polar surface area (TPSA) is 61.8 Å². The smallest absolute Gasteiger partial charge is 0.101 e. The molecule has 2 aromatic rings. The van der Waals surface area contributed by atoms with E-state index in [1.54, 1.807) is 6.20 Å². The molecule has 0 fully saturated rings. The maximum Gasteiger partial charge on any atom is 0.101 e. The summed E-state index contributed by atoms with van der Waals surface area (Å²) in [4.78, 5) is 0. The Morgan fingerprint density at radius 3 is 2.38 bits per heavy atom. The van der Waals surface area contributed by atoms with Gasteiger partial charge in [-0.25, -0.2) is 0 Å². The zero-order chi connectivity index (χ0) is 15.0. The van der Waals surface area contributed by atoms with Gasteiger partial charge >= 0.3 is 0 Å². The summed E-state index contributed by atoms with van der Waals surface area (Å²) in [5.74, 6) is 0. The molecule has 1 aliphatic carbocycles. The third-order valence-electron chi connectivity index (χ3n) is 4.34. The molecule has 0 saturated heterocycles. The van der Waals surface area contributed by atoms with E-state index in [0.717, 1.165) is 16.7 Å². The quantitative estimate of drug-likeness (QED) is 0.941. The van der Waals surface area contributed by atoms with Crippen molar-refractivity contribution in [3.63, 3.8) is 0 Å². The van der Waals surface area contributed by atoms with Gasteiger partial charge in [-0.2, -0.15) is 10.4 Å². The fourth-order valence-electron chi connectivity index (χ4n) is 3.07. The lowest BCUT2D eigenvalue weighted by Crippen LogP contribution is -2.28. The molecule has 0 bridgehead atoms. The molecular formula is C17H19N3O. The number of rotatable bonds is 3. The zero-order valence-corrected chi connectivity index (χ0v) is 12.3. The summed E-state index contributed by atoms with van der Waals surface area (Å²) in [6.07, 6.45) is 3.88. The summed E-state index contributed by atoms with van der Waals surface area (Å²) in [5, 5.41) is 24.7. The molecule has 3 rings (SSSR count). The molecular weight excluding hydrogens is 262 g/mol. The second kappa shape index (κ2) is 5.01. The van der Waals surface area contributed by atoms with E-state index in [4.69, 9.17) is 0 Å². The molecule has 1 atom stereocenters. The molecule has 1 heterocycles. The van der Waals surface area contributed by atoms with Crippen LogP contribution in [0.1, 0.15) is 42.7 Å². The van der Waals surface area contributed by atoms with Gasteiger partial charge in [-0.3, -0.25) is 4.68 Å². The number of nitrogens with zero attached hydrogens (tertiary/aromatic N) is 3. The largest absolute Gasteiger partial charge is 0.387 e. The van der Waals surface area contributed by atoms with Crippen molar-refractivity contribution in [2.24, 2.45) is 5.41 Å². The minimum absolute atomic E-state index is 0.241. The van der Waals surface area contributed by atoms with Crippen LogP contribution in [0.15, 0.2) is 36.7 Å². The Labute approximate surface area is 124 Å². The van der Waals surface area contributed by atoms with Crippen LogP contribution in [-0.2, 0) is 12.8 Å². The van der Waals surface area contributed by atoms with Crippen LogP contribution in [0.5, 0.6) is 0 Å². The monoisotopic (exact) mass is 281 g/mol. The molecule has 0 aliphatic heterocycles. The van der Waals surface area contributed by atoms with Crippen molar-refractivity contribution in [3.05, 3.63) is 53.3 Å². The van der Waals surface area contributed by atoms with Crippen molar-refractivity contribution >= 4 is 0 Å². The van der Waals surface area contributed by atoms with E-state index in [1.807, 2.05) is 49.0 Å². The van der Waals surface area contributed by atoms with E-state index in [9.17, 15) is 10.4 Å². The number of aliphatic hydroxyl groups is 1. The van der Waals surface area contributed by atoms with Crippen LogP contribution in [0, 0.1) is 16.7 Å². The highest BCUT2D eigenvalue weighted by Crippen LogP contribution is 2.45. The summed E-state index contributed by atoms with van der Waals surface area (Å²) >= 11 is 0. The number of fused-ring (bicyclic) bond motifs is 1. The lowest BCUT2D eigenvalue weighted by atomic mass is 9.78. The van der Waals surface area contributed by atoms with E-state index in [1.165, 1.54) is 0 Å². The first-order valence-electron chi connectivity index (χ1n) is 7.26. The van der Waals surface area contributed by atoms with Gasteiger partial charge in [0, 0.05) is 17.8 Å². The normalized spacial score (nSPS) is 17.5. The van der Waals surface area contributed by atoms with Crippen LogP contribution in [0.4, 0.5) is 0 Å². The van der Waals surface area contributed by atoms with Crippen molar-refractivity contribution in [1.82, 2.24) is 9.78 Å². The third kappa shape index (κ3) is 2.24. The predicted molar refractivity (Wildman–Crippen MR) is 79.5 cm³/mol. The Balaban J connectivity index is 1.92. The maximum atomic E-state index is 10.8. The molecule has 4 nitrogen and oxygen atoms in total. The standard InChI is InChI=1S/C17H19N3O/c1-12(2)20-10-15(9-19-20)16(21)17(11-18)7-13-5-3-4-6-14(13)8-17/h3-6,9-10,12,16,21H,7-8H2,1-2H3. The molecule has 4 heteroatoms. The van der Waals surface area contributed by atoms with Crippen molar-refractivity contribution in [3.8, 4) is 6.07 Å². The summed E-state index contributed by atoms with van der Waals surface area (Å²) in [7, 11) is 0. The molecule has 0 radical (unpaired) electrons. The average Bonchev–Trinajstić information content (AvgIpc) is 3.11. The predicted octanol–water partition coefficient (Wildman–Crippen LogP) is 2.81. The summed E-state index contributed by atoms with van der Waals surface area (Å²) in [5.41, 5.74) is 2.26. The third-order valence-corrected chi connectivity index (χ3v) is 4.34. The van der Waals surface area contributed by atoms with Crippen molar-refractivity contribution in [1.29, 1.82) is 5.26 Å². The van der Waals surface area contributed by atoms with E-state index in [-0.39, 0.29) is 6.04 Å². The molecule has 1 N–H and O–H groups in total. The maximum absolute atomic E-state index is 10.8. The highest BCUT2D eigenvalue weighted by atomic mass is 16.3. The highest BCUT2D eigenvalue weighted by molar-refractivity contribution is 5.39. The van der Waals surface area contributed by atoms with Gasteiger partial charge in [-0.05, 0) is 37.8 Å². The number of hydrogen-bond acceptors (Lipinski definition) is 3. The van der Waals surface area contributed by atoms with Gasteiger partial charge in [0.2, 0.25) is 0 Å². The number of hydrogen-bond donors (Lipinski definition) is 1. The highest BCUT2D eigenvalue weighted by Gasteiger charge is 2.44. The van der Waals surface area contributed by atoms with Gasteiger partial charge in [0.15, 0.2) is 0 Å². The summed E-state index contributed by atoms with van der Waals surface area (Å²) in [6.45, 7) is 4.07. The first kappa shape index (κ1) is 13.8. The lowest BCUT2D eigenvalue weighted by molar-refractivity contribution is 0.0692. The molecule has 108 valence electrons. The average molecular weight is 281 g/mol. The molecule has 1 aliphatic rings. The molecule has 1 aromatic carbocycles.